The van der Waals surface area contributed by atoms with Crippen molar-refractivity contribution in [2.24, 2.45) is 5.41 Å². The summed E-state index contributed by atoms with van der Waals surface area (Å²) in [7, 11) is 1.27. The minimum absolute atomic E-state index is 0.0673. The SMILES string of the molecule is COC(=O)CC1(C(=O)O)CCCOCC1. The van der Waals surface area contributed by atoms with Crippen LogP contribution in [0, 0.1) is 5.41 Å². The van der Waals surface area contributed by atoms with Gasteiger partial charge >= 0.3 is 11.9 Å². The summed E-state index contributed by atoms with van der Waals surface area (Å²) in [5, 5.41) is 9.19. The van der Waals surface area contributed by atoms with E-state index in [9.17, 15) is 14.7 Å². The lowest BCUT2D eigenvalue weighted by molar-refractivity contribution is -0.158. The zero-order chi connectivity index (χ0) is 11.3. The number of carboxylic acid groups (broad SMARTS) is 1. The molecule has 0 spiro atoms. The Balaban J connectivity index is 2.75. The first-order valence-electron chi connectivity index (χ1n) is 4.99. The molecule has 1 rings (SSSR count). The summed E-state index contributed by atoms with van der Waals surface area (Å²) in [6, 6.07) is 0. The molecule has 0 amide bonds. The molecule has 0 saturated carbocycles. The Hall–Kier alpha value is -1.10. The molecular weight excluding hydrogens is 200 g/mol. The second-order valence-corrected chi connectivity index (χ2v) is 3.80. The molecule has 15 heavy (non-hydrogen) atoms. The van der Waals surface area contributed by atoms with Crippen molar-refractivity contribution in [1.82, 2.24) is 0 Å². The van der Waals surface area contributed by atoms with E-state index in [1.165, 1.54) is 7.11 Å². The number of carboxylic acids is 1. The van der Waals surface area contributed by atoms with E-state index in [1.807, 2.05) is 0 Å². The number of esters is 1. The van der Waals surface area contributed by atoms with Gasteiger partial charge in [0, 0.05) is 13.2 Å². The Labute approximate surface area is 88.4 Å². The van der Waals surface area contributed by atoms with Gasteiger partial charge in [0.1, 0.15) is 0 Å². The van der Waals surface area contributed by atoms with Crippen LogP contribution in [0.25, 0.3) is 0 Å². The normalized spacial score (nSPS) is 26.7. The average Bonchev–Trinajstić information content (AvgIpc) is 2.44. The van der Waals surface area contributed by atoms with Crippen LogP contribution in [0.1, 0.15) is 25.7 Å². The smallest absolute Gasteiger partial charge is 0.310 e. The highest BCUT2D eigenvalue weighted by Crippen LogP contribution is 2.35. The molecule has 0 aromatic heterocycles. The van der Waals surface area contributed by atoms with Crippen molar-refractivity contribution >= 4 is 11.9 Å². The molecule has 1 heterocycles. The third-order valence-electron chi connectivity index (χ3n) is 2.83. The molecule has 1 atom stereocenters. The Morgan fingerprint density at radius 2 is 2.13 bits per heavy atom. The minimum Gasteiger partial charge on any atom is -0.481 e. The van der Waals surface area contributed by atoms with Crippen molar-refractivity contribution in [2.45, 2.75) is 25.7 Å². The van der Waals surface area contributed by atoms with Crippen LogP contribution < -0.4 is 0 Å². The van der Waals surface area contributed by atoms with Gasteiger partial charge in [-0.15, -0.1) is 0 Å². The van der Waals surface area contributed by atoms with Crippen LogP contribution in [0.2, 0.25) is 0 Å². The molecule has 1 unspecified atom stereocenters. The fourth-order valence-corrected chi connectivity index (χ4v) is 1.82. The first kappa shape index (κ1) is 12.0. The maximum atomic E-state index is 11.2. The minimum atomic E-state index is -0.996. The van der Waals surface area contributed by atoms with Crippen LogP contribution >= 0.6 is 0 Å². The lowest BCUT2D eigenvalue weighted by atomic mass is 9.78. The van der Waals surface area contributed by atoms with E-state index in [4.69, 9.17) is 4.74 Å². The first-order valence-corrected chi connectivity index (χ1v) is 4.99. The van der Waals surface area contributed by atoms with Crippen molar-refractivity contribution < 1.29 is 24.2 Å². The fraction of sp³-hybridized carbons (Fsp3) is 0.800. The molecule has 1 saturated heterocycles. The Kier molecular flexibility index (Phi) is 4.08. The summed E-state index contributed by atoms with van der Waals surface area (Å²) in [5.41, 5.74) is -0.996. The largest absolute Gasteiger partial charge is 0.481 e. The zero-order valence-corrected chi connectivity index (χ0v) is 8.82. The quantitative estimate of drug-likeness (QED) is 0.707. The van der Waals surface area contributed by atoms with Gasteiger partial charge in [0.05, 0.1) is 18.9 Å². The lowest BCUT2D eigenvalue weighted by Crippen LogP contribution is -2.34. The highest BCUT2D eigenvalue weighted by molar-refractivity contribution is 5.82. The molecule has 5 heteroatoms. The average molecular weight is 216 g/mol. The second-order valence-electron chi connectivity index (χ2n) is 3.80. The standard InChI is InChI=1S/C10H16O5/c1-14-8(11)7-10(9(12)13)3-2-5-15-6-4-10/h2-7H2,1H3,(H,12,13). The van der Waals surface area contributed by atoms with E-state index < -0.39 is 17.4 Å². The number of carbonyl (C=O) groups is 2. The number of aliphatic carboxylic acids is 1. The molecule has 0 aromatic rings. The Morgan fingerprint density at radius 3 is 2.73 bits per heavy atom. The van der Waals surface area contributed by atoms with Gasteiger partial charge in [-0.25, -0.2) is 0 Å². The highest BCUT2D eigenvalue weighted by atomic mass is 16.5. The third-order valence-corrected chi connectivity index (χ3v) is 2.83. The Morgan fingerprint density at radius 1 is 1.40 bits per heavy atom. The summed E-state index contributed by atoms with van der Waals surface area (Å²) in [4.78, 5) is 22.4. The summed E-state index contributed by atoms with van der Waals surface area (Å²) in [5.74, 6) is -1.40. The summed E-state index contributed by atoms with van der Waals surface area (Å²) in [6.07, 6.45) is 1.44. The topological polar surface area (TPSA) is 72.8 Å². The molecule has 0 aliphatic carbocycles. The van der Waals surface area contributed by atoms with Crippen LogP contribution in [0.15, 0.2) is 0 Å². The predicted molar refractivity (Wildman–Crippen MR) is 51.4 cm³/mol. The van der Waals surface area contributed by atoms with E-state index in [1.54, 1.807) is 0 Å². The van der Waals surface area contributed by atoms with E-state index in [2.05, 4.69) is 4.74 Å². The number of hydrogen-bond acceptors (Lipinski definition) is 4. The van der Waals surface area contributed by atoms with Gasteiger partial charge < -0.3 is 14.6 Å². The molecule has 0 bridgehead atoms. The molecule has 1 N–H and O–H groups in total. The number of rotatable bonds is 3. The van der Waals surface area contributed by atoms with Gasteiger partial charge in [0.25, 0.3) is 0 Å². The summed E-state index contributed by atoms with van der Waals surface area (Å²) in [6.45, 7) is 0.958. The van der Waals surface area contributed by atoms with E-state index in [0.29, 0.717) is 32.5 Å². The molecule has 0 radical (unpaired) electrons. The van der Waals surface area contributed by atoms with Crippen LogP contribution in [-0.2, 0) is 19.1 Å². The number of methoxy groups -OCH3 is 1. The van der Waals surface area contributed by atoms with Gasteiger partial charge in [-0.2, -0.15) is 0 Å². The van der Waals surface area contributed by atoms with Crippen LogP contribution in [0.4, 0.5) is 0 Å². The van der Waals surface area contributed by atoms with E-state index >= 15 is 0 Å². The molecule has 5 nitrogen and oxygen atoms in total. The second kappa shape index (κ2) is 5.11. The molecule has 86 valence electrons. The maximum absolute atomic E-state index is 11.2. The third kappa shape index (κ3) is 2.92. The van der Waals surface area contributed by atoms with Crippen LogP contribution in [0.5, 0.6) is 0 Å². The monoisotopic (exact) mass is 216 g/mol. The molecule has 1 aliphatic heterocycles. The van der Waals surface area contributed by atoms with Crippen molar-refractivity contribution in [2.75, 3.05) is 20.3 Å². The van der Waals surface area contributed by atoms with Crippen LogP contribution in [-0.4, -0.2) is 37.4 Å². The lowest BCUT2D eigenvalue weighted by Gasteiger charge is -2.25. The van der Waals surface area contributed by atoms with Crippen LogP contribution in [0.3, 0.4) is 0 Å². The Bertz CT molecular complexity index is 240. The van der Waals surface area contributed by atoms with Crippen molar-refractivity contribution in [3.05, 3.63) is 0 Å². The predicted octanol–water partition coefficient (Wildman–Crippen LogP) is 0.821. The van der Waals surface area contributed by atoms with E-state index in [-0.39, 0.29) is 6.42 Å². The first-order chi connectivity index (χ1) is 7.10. The van der Waals surface area contributed by atoms with E-state index in [0.717, 1.165) is 0 Å². The molecular formula is C10H16O5. The number of hydrogen-bond donors (Lipinski definition) is 1. The van der Waals surface area contributed by atoms with Gasteiger partial charge in [0.15, 0.2) is 0 Å². The summed E-state index contributed by atoms with van der Waals surface area (Å²) >= 11 is 0. The molecule has 1 fully saturated rings. The van der Waals surface area contributed by atoms with Crippen molar-refractivity contribution in [3.63, 3.8) is 0 Å². The summed E-state index contributed by atoms with van der Waals surface area (Å²) < 4.78 is 9.73. The molecule has 0 aromatic carbocycles. The number of ether oxygens (including phenoxy) is 2. The van der Waals surface area contributed by atoms with Gasteiger partial charge in [-0.1, -0.05) is 0 Å². The zero-order valence-electron chi connectivity index (χ0n) is 8.82. The van der Waals surface area contributed by atoms with Crippen molar-refractivity contribution in [3.8, 4) is 0 Å². The van der Waals surface area contributed by atoms with Gasteiger partial charge in [0.2, 0.25) is 0 Å². The van der Waals surface area contributed by atoms with Gasteiger partial charge in [-0.3, -0.25) is 9.59 Å². The fourth-order valence-electron chi connectivity index (χ4n) is 1.82. The number of carbonyl (C=O) groups excluding carboxylic acids is 1. The van der Waals surface area contributed by atoms with Crippen molar-refractivity contribution in [1.29, 1.82) is 0 Å². The maximum Gasteiger partial charge on any atom is 0.310 e. The highest BCUT2D eigenvalue weighted by Gasteiger charge is 2.41. The molecule has 1 aliphatic rings. The van der Waals surface area contributed by atoms with Gasteiger partial charge in [-0.05, 0) is 19.3 Å².